The van der Waals surface area contributed by atoms with Gasteiger partial charge >= 0.3 is 0 Å². The molecule has 0 saturated heterocycles. The highest BCUT2D eigenvalue weighted by molar-refractivity contribution is 8.00. The number of hydrogen-bond donors (Lipinski definition) is 1. The molecule has 0 atom stereocenters. The number of benzene rings is 2. The van der Waals surface area contributed by atoms with Crippen molar-refractivity contribution in [2.45, 2.75) is 4.90 Å². The molecule has 1 amide bonds. The number of carbonyl (C=O) groups excluding carboxylic acids is 1. The minimum Gasteiger partial charge on any atom is -0.481 e. The number of thioether (sulfide) groups is 1. The maximum atomic E-state index is 10.8. The molecule has 0 radical (unpaired) electrons. The van der Waals surface area contributed by atoms with Crippen molar-refractivity contribution in [2.75, 3.05) is 12.9 Å². The Bertz CT molecular complexity index is 847. The number of ether oxygens (including phenoxy) is 1. The van der Waals surface area contributed by atoms with Crippen LogP contribution in [0.15, 0.2) is 59.5 Å². The molecule has 1 aromatic heterocycles. The third kappa shape index (κ3) is 3.46. The van der Waals surface area contributed by atoms with Crippen molar-refractivity contribution >= 4 is 28.6 Å². The molecule has 0 spiro atoms. The molecule has 0 aliphatic heterocycles. The van der Waals surface area contributed by atoms with Crippen molar-refractivity contribution in [1.29, 1.82) is 0 Å². The molecule has 0 unspecified atom stereocenters. The number of carbonyl (C=O) groups is 1. The first-order chi connectivity index (χ1) is 11.2. The monoisotopic (exact) mass is 324 g/mol. The van der Waals surface area contributed by atoms with E-state index in [9.17, 15) is 4.79 Å². The number of aromatic nitrogens is 1. The molecular weight excluding hydrogens is 308 g/mol. The molecule has 3 aromatic rings. The lowest BCUT2D eigenvalue weighted by atomic mass is 10.0. The van der Waals surface area contributed by atoms with Gasteiger partial charge in [-0.25, -0.2) is 4.98 Å². The molecule has 2 N–H and O–H groups in total. The van der Waals surface area contributed by atoms with Crippen LogP contribution in [-0.2, 0) is 4.79 Å². The van der Waals surface area contributed by atoms with Gasteiger partial charge in [-0.3, -0.25) is 4.79 Å². The molecule has 23 heavy (non-hydrogen) atoms. The van der Waals surface area contributed by atoms with Crippen LogP contribution in [0.2, 0.25) is 0 Å². The number of para-hydroxylation sites is 1. The van der Waals surface area contributed by atoms with Crippen molar-refractivity contribution in [3.63, 3.8) is 0 Å². The molecular formula is C18H16N2O2S. The Morgan fingerprint density at radius 1 is 1.17 bits per heavy atom. The standard InChI is InChI=1S/C18H16N2O2S/c1-22-18-15(10-13-4-2-3-5-16(13)20-18)12-6-8-14(9-7-12)23-11-17(19)21/h2-10H,11H2,1H3,(H2,19,21). The molecule has 1 heterocycles. The van der Waals surface area contributed by atoms with Gasteiger partial charge in [0.05, 0.1) is 18.4 Å². The molecule has 0 bridgehead atoms. The van der Waals surface area contributed by atoms with Gasteiger partial charge in [-0.05, 0) is 29.8 Å². The number of hydrogen-bond acceptors (Lipinski definition) is 4. The summed E-state index contributed by atoms with van der Waals surface area (Å²) < 4.78 is 5.44. The Kier molecular flexibility index (Phi) is 4.48. The second-order valence-corrected chi connectivity index (χ2v) is 6.07. The number of nitrogens with zero attached hydrogens (tertiary/aromatic N) is 1. The Morgan fingerprint density at radius 2 is 1.91 bits per heavy atom. The summed E-state index contributed by atoms with van der Waals surface area (Å²) in [4.78, 5) is 16.4. The van der Waals surface area contributed by atoms with Crippen LogP contribution in [0.5, 0.6) is 5.88 Å². The first kappa shape index (κ1) is 15.4. The first-order valence-corrected chi connectivity index (χ1v) is 8.11. The van der Waals surface area contributed by atoms with Crippen LogP contribution in [0.3, 0.4) is 0 Å². The lowest BCUT2D eigenvalue weighted by Crippen LogP contribution is -2.12. The van der Waals surface area contributed by atoms with E-state index in [-0.39, 0.29) is 11.7 Å². The summed E-state index contributed by atoms with van der Waals surface area (Å²) in [6, 6.07) is 18.0. The maximum Gasteiger partial charge on any atom is 0.227 e. The van der Waals surface area contributed by atoms with Gasteiger partial charge in [0.25, 0.3) is 0 Å². The summed E-state index contributed by atoms with van der Waals surface area (Å²) in [5.41, 5.74) is 8.03. The first-order valence-electron chi connectivity index (χ1n) is 7.12. The Labute approximate surface area is 138 Å². The number of fused-ring (bicyclic) bond motifs is 1. The second kappa shape index (κ2) is 6.71. The summed E-state index contributed by atoms with van der Waals surface area (Å²) in [5.74, 6) is 0.556. The van der Waals surface area contributed by atoms with Crippen molar-refractivity contribution in [1.82, 2.24) is 4.98 Å². The number of methoxy groups -OCH3 is 1. The molecule has 0 saturated carbocycles. The lowest BCUT2D eigenvalue weighted by molar-refractivity contribution is -0.115. The van der Waals surface area contributed by atoms with Gasteiger partial charge in [0, 0.05) is 15.8 Å². The van der Waals surface area contributed by atoms with Crippen LogP contribution in [0.4, 0.5) is 0 Å². The Balaban J connectivity index is 1.97. The highest BCUT2D eigenvalue weighted by Gasteiger charge is 2.10. The molecule has 2 aromatic carbocycles. The van der Waals surface area contributed by atoms with E-state index in [0.29, 0.717) is 5.88 Å². The normalized spacial score (nSPS) is 10.7. The highest BCUT2D eigenvalue weighted by atomic mass is 32.2. The molecule has 116 valence electrons. The maximum absolute atomic E-state index is 10.8. The minimum absolute atomic E-state index is 0.278. The zero-order chi connectivity index (χ0) is 16.2. The number of primary amides is 1. The van der Waals surface area contributed by atoms with Crippen molar-refractivity contribution in [3.05, 3.63) is 54.6 Å². The van der Waals surface area contributed by atoms with Gasteiger partial charge in [0.15, 0.2) is 0 Å². The minimum atomic E-state index is -0.320. The average Bonchev–Trinajstić information content (AvgIpc) is 2.59. The summed E-state index contributed by atoms with van der Waals surface area (Å²) in [5, 5.41) is 1.07. The summed E-state index contributed by atoms with van der Waals surface area (Å²) in [6.07, 6.45) is 0. The molecule has 4 nitrogen and oxygen atoms in total. The van der Waals surface area contributed by atoms with Gasteiger partial charge in [-0.15, -0.1) is 11.8 Å². The van der Waals surface area contributed by atoms with Crippen LogP contribution < -0.4 is 10.5 Å². The van der Waals surface area contributed by atoms with E-state index in [2.05, 4.69) is 11.1 Å². The number of nitrogens with two attached hydrogens (primary N) is 1. The topological polar surface area (TPSA) is 65.2 Å². The SMILES string of the molecule is COc1nc2ccccc2cc1-c1ccc(SCC(N)=O)cc1. The fraction of sp³-hybridized carbons (Fsp3) is 0.111. The van der Waals surface area contributed by atoms with Gasteiger partial charge in [-0.2, -0.15) is 0 Å². The van der Waals surface area contributed by atoms with Crippen molar-refractivity contribution in [2.24, 2.45) is 5.73 Å². The second-order valence-electron chi connectivity index (χ2n) is 5.02. The Morgan fingerprint density at radius 3 is 2.61 bits per heavy atom. The largest absolute Gasteiger partial charge is 0.481 e. The van der Waals surface area contributed by atoms with E-state index in [1.54, 1.807) is 7.11 Å². The third-order valence-corrected chi connectivity index (χ3v) is 4.46. The molecule has 0 fully saturated rings. The fourth-order valence-corrected chi connectivity index (χ4v) is 2.98. The van der Waals surface area contributed by atoms with Crippen molar-refractivity contribution < 1.29 is 9.53 Å². The smallest absolute Gasteiger partial charge is 0.227 e. The van der Waals surface area contributed by atoms with Crippen molar-refractivity contribution in [3.8, 4) is 17.0 Å². The molecule has 3 rings (SSSR count). The van der Waals surface area contributed by atoms with E-state index in [4.69, 9.17) is 10.5 Å². The number of rotatable bonds is 5. The zero-order valence-electron chi connectivity index (χ0n) is 12.7. The van der Waals surface area contributed by atoms with E-state index in [0.717, 1.165) is 26.9 Å². The average molecular weight is 324 g/mol. The van der Waals surface area contributed by atoms with E-state index < -0.39 is 0 Å². The quantitative estimate of drug-likeness (QED) is 0.730. The van der Waals surface area contributed by atoms with Crippen LogP contribution in [0.25, 0.3) is 22.0 Å². The molecule has 0 aliphatic rings. The van der Waals surface area contributed by atoms with Gasteiger partial charge in [-0.1, -0.05) is 30.3 Å². The lowest BCUT2D eigenvalue weighted by Gasteiger charge is -2.10. The van der Waals surface area contributed by atoms with Crippen LogP contribution in [0.1, 0.15) is 0 Å². The van der Waals surface area contributed by atoms with Crippen LogP contribution in [-0.4, -0.2) is 23.8 Å². The molecule has 5 heteroatoms. The van der Waals surface area contributed by atoms with Gasteiger partial charge < -0.3 is 10.5 Å². The summed E-state index contributed by atoms with van der Waals surface area (Å²) in [7, 11) is 1.62. The highest BCUT2D eigenvalue weighted by Crippen LogP contribution is 2.32. The predicted octanol–water partition coefficient (Wildman–Crippen LogP) is 3.49. The van der Waals surface area contributed by atoms with Crippen LogP contribution >= 0.6 is 11.8 Å². The number of amides is 1. The van der Waals surface area contributed by atoms with E-state index in [1.165, 1.54) is 11.8 Å². The zero-order valence-corrected chi connectivity index (χ0v) is 13.5. The molecule has 0 aliphatic carbocycles. The number of pyridine rings is 1. The van der Waals surface area contributed by atoms with Gasteiger partial charge in [0.1, 0.15) is 0 Å². The van der Waals surface area contributed by atoms with E-state index in [1.807, 2.05) is 48.5 Å². The summed E-state index contributed by atoms with van der Waals surface area (Å²) in [6.45, 7) is 0. The Hall–Kier alpha value is -2.53. The third-order valence-electron chi connectivity index (χ3n) is 3.43. The van der Waals surface area contributed by atoms with Crippen LogP contribution in [0, 0.1) is 0 Å². The summed E-state index contributed by atoms with van der Waals surface area (Å²) >= 11 is 1.42. The fourth-order valence-electron chi connectivity index (χ4n) is 2.35. The predicted molar refractivity (Wildman–Crippen MR) is 93.6 cm³/mol. The van der Waals surface area contributed by atoms with E-state index >= 15 is 0 Å². The van der Waals surface area contributed by atoms with Gasteiger partial charge in [0.2, 0.25) is 11.8 Å².